The molecule has 1 aromatic heterocycles. The van der Waals surface area contributed by atoms with Crippen LogP contribution in [0.4, 0.5) is 0 Å². The Morgan fingerprint density at radius 1 is 1.32 bits per heavy atom. The topological polar surface area (TPSA) is 50.9 Å². The van der Waals surface area contributed by atoms with Gasteiger partial charge in [-0.25, -0.2) is 9.67 Å². The Morgan fingerprint density at radius 2 is 2.00 bits per heavy atom. The average Bonchev–Trinajstić information content (AvgIpc) is 2.68. The van der Waals surface area contributed by atoms with Gasteiger partial charge in [-0.1, -0.05) is 27.2 Å². The first-order valence-corrected chi connectivity index (χ1v) is 7.43. The van der Waals surface area contributed by atoms with Crippen LogP contribution in [-0.4, -0.2) is 26.0 Å². The van der Waals surface area contributed by atoms with Gasteiger partial charge in [0.15, 0.2) is 0 Å². The Kier molecular flexibility index (Phi) is 4.00. The summed E-state index contributed by atoms with van der Waals surface area (Å²) in [4.78, 5) is 4.42. The van der Waals surface area contributed by atoms with E-state index in [2.05, 4.69) is 35.5 Å². The predicted octanol–water partition coefficient (Wildman–Crippen LogP) is 3.03. The third-order valence-corrected chi connectivity index (χ3v) is 4.93. The van der Waals surface area contributed by atoms with Crippen molar-refractivity contribution in [2.24, 2.45) is 11.3 Å². The summed E-state index contributed by atoms with van der Waals surface area (Å²) in [6.45, 7) is 10.9. The van der Waals surface area contributed by atoms with Gasteiger partial charge in [0, 0.05) is 0 Å². The van der Waals surface area contributed by atoms with Crippen molar-refractivity contribution in [2.45, 2.75) is 72.4 Å². The van der Waals surface area contributed by atoms with E-state index >= 15 is 0 Å². The van der Waals surface area contributed by atoms with Crippen molar-refractivity contribution in [3.63, 3.8) is 0 Å². The van der Waals surface area contributed by atoms with Crippen LogP contribution >= 0.6 is 0 Å². The molecule has 0 aliphatic heterocycles. The molecular weight excluding hydrogens is 238 g/mol. The zero-order chi connectivity index (χ0) is 14.2. The van der Waals surface area contributed by atoms with Crippen LogP contribution in [0.25, 0.3) is 0 Å². The number of aliphatic hydroxyl groups excluding tert-OH is 1. The summed E-state index contributed by atoms with van der Waals surface area (Å²) in [6.07, 6.45) is 3.75. The fourth-order valence-electron chi connectivity index (χ4n) is 3.42. The minimum Gasteiger partial charge on any atom is -0.393 e. The summed E-state index contributed by atoms with van der Waals surface area (Å²) in [5.41, 5.74) is 0.275. The summed E-state index contributed by atoms with van der Waals surface area (Å²) in [5.74, 6) is 2.35. The zero-order valence-electron chi connectivity index (χ0n) is 12.8. The summed E-state index contributed by atoms with van der Waals surface area (Å²) < 4.78 is 2.06. The molecular formula is C15H27N3O. The van der Waals surface area contributed by atoms with E-state index in [0.29, 0.717) is 5.92 Å². The molecule has 0 bridgehead atoms. The van der Waals surface area contributed by atoms with Crippen LogP contribution in [0.1, 0.15) is 64.1 Å². The molecule has 1 heterocycles. The molecule has 4 heteroatoms. The molecule has 3 atom stereocenters. The van der Waals surface area contributed by atoms with Crippen LogP contribution in [0, 0.1) is 25.2 Å². The lowest BCUT2D eigenvalue weighted by atomic mass is 9.66. The Labute approximate surface area is 116 Å². The Balaban J connectivity index is 2.34. The molecule has 1 fully saturated rings. The highest BCUT2D eigenvalue weighted by molar-refractivity contribution is 4.97. The number of hydrogen-bond donors (Lipinski definition) is 1. The minimum atomic E-state index is -0.196. The average molecular weight is 265 g/mol. The lowest BCUT2D eigenvalue weighted by Gasteiger charge is -2.43. The molecule has 19 heavy (non-hydrogen) atoms. The monoisotopic (exact) mass is 265 g/mol. The number of aromatic nitrogens is 3. The molecule has 0 radical (unpaired) electrons. The Bertz CT molecular complexity index is 439. The van der Waals surface area contributed by atoms with E-state index in [-0.39, 0.29) is 17.6 Å². The second-order valence-corrected chi connectivity index (χ2v) is 6.63. The maximum atomic E-state index is 10.0. The first-order valence-electron chi connectivity index (χ1n) is 7.43. The highest BCUT2D eigenvalue weighted by Gasteiger charge is 2.40. The van der Waals surface area contributed by atoms with Crippen molar-refractivity contribution in [3.05, 3.63) is 11.6 Å². The SMILES string of the molecule is CCC(C)(C)C1CCC(O)CC1n1nc(C)nc1C. The largest absolute Gasteiger partial charge is 0.393 e. The normalized spacial score (nSPS) is 28.6. The molecule has 0 saturated heterocycles. The molecule has 3 unspecified atom stereocenters. The van der Waals surface area contributed by atoms with E-state index in [4.69, 9.17) is 0 Å². The fraction of sp³-hybridized carbons (Fsp3) is 0.867. The number of hydrogen-bond acceptors (Lipinski definition) is 3. The maximum Gasteiger partial charge on any atom is 0.147 e. The van der Waals surface area contributed by atoms with Gasteiger partial charge in [-0.05, 0) is 44.4 Å². The smallest absolute Gasteiger partial charge is 0.147 e. The second-order valence-electron chi connectivity index (χ2n) is 6.63. The van der Waals surface area contributed by atoms with Crippen LogP contribution in [0.15, 0.2) is 0 Å². The Hall–Kier alpha value is -0.900. The van der Waals surface area contributed by atoms with E-state index in [0.717, 1.165) is 37.3 Å². The number of aliphatic hydroxyl groups is 1. The standard InChI is InChI=1S/C15H27N3O/c1-6-15(4,5)13-8-7-12(19)9-14(13)18-11(3)16-10(2)17-18/h12-14,19H,6-9H2,1-5H3. The zero-order valence-corrected chi connectivity index (χ0v) is 12.8. The van der Waals surface area contributed by atoms with Gasteiger partial charge < -0.3 is 5.11 Å². The molecule has 0 amide bonds. The highest BCUT2D eigenvalue weighted by Crippen LogP contribution is 2.46. The minimum absolute atomic E-state index is 0.196. The molecule has 1 saturated carbocycles. The van der Waals surface area contributed by atoms with Gasteiger partial charge in [0.2, 0.25) is 0 Å². The molecule has 1 N–H and O–H groups in total. The predicted molar refractivity (Wildman–Crippen MR) is 76.0 cm³/mol. The summed E-state index contributed by atoms with van der Waals surface area (Å²) >= 11 is 0. The molecule has 0 aromatic carbocycles. The lowest BCUT2D eigenvalue weighted by molar-refractivity contribution is 0.0162. The van der Waals surface area contributed by atoms with Crippen molar-refractivity contribution in [3.8, 4) is 0 Å². The van der Waals surface area contributed by atoms with Crippen molar-refractivity contribution in [1.29, 1.82) is 0 Å². The number of rotatable bonds is 3. The van der Waals surface area contributed by atoms with E-state index in [1.165, 1.54) is 0 Å². The van der Waals surface area contributed by atoms with Crippen LogP contribution in [0.5, 0.6) is 0 Å². The van der Waals surface area contributed by atoms with Gasteiger partial charge in [0.1, 0.15) is 11.6 Å². The summed E-state index contributed by atoms with van der Waals surface area (Å²) in [6, 6.07) is 0.278. The van der Waals surface area contributed by atoms with Crippen molar-refractivity contribution in [2.75, 3.05) is 0 Å². The van der Waals surface area contributed by atoms with E-state index in [1.54, 1.807) is 0 Å². The van der Waals surface area contributed by atoms with E-state index in [1.807, 2.05) is 13.8 Å². The molecule has 1 aliphatic rings. The third kappa shape index (κ3) is 2.83. The first kappa shape index (κ1) is 14.5. The Morgan fingerprint density at radius 3 is 2.53 bits per heavy atom. The van der Waals surface area contributed by atoms with Crippen LogP contribution in [-0.2, 0) is 0 Å². The van der Waals surface area contributed by atoms with Crippen molar-refractivity contribution < 1.29 is 5.11 Å². The van der Waals surface area contributed by atoms with Gasteiger partial charge in [-0.3, -0.25) is 0 Å². The number of nitrogens with zero attached hydrogens (tertiary/aromatic N) is 3. The van der Waals surface area contributed by atoms with Gasteiger partial charge in [-0.15, -0.1) is 0 Å². The number of aryl methyl sites for hydroxylation is 2. The molecule has 0 spiro atoms. The first-order chi connectivity index (χ1) is 8.85. The lowest BCUT2D eigenvalue weighted by Crippen LogP contribution is -2.39. The van der Waals surface area contributed by atoms with Crippen molar-refractivity contribution in [1.82, 2.24) is 14.8 Å². The molecule has 108 valence electrons. The van der Waals surface area contributed by atoms with Crippen LogP contribution in [0.3, 0.4) is 0 Å². The summed E-state index contributed by atoms with van der Waals surface area (Å²) in [5, 5.41) is 14.6. The van der Waals surface area contributed by atoms with Gasteiger partial charge in [0.05, 0.1) is 12.1 Å². The molecule has 1 aliphatic carbocycles. The van der Waals surface area contributed by atoms with Crippen LogP contribution < -0.4 is 0 Å². The molecule has 1 aromatic rings. The van der Waals surface area contributed by atoms with E-state index < -0.39 is 0 Å². The molecule has 4 nitrogen and oxygen atoms in total. The fourth-order valence-corrected chi connectivity index (χ4v) is 3.42. The van der Waals surface area contributed by atoms with Crippen molar-refractivity contribution >= 4 is 0 Å². The molecule has 2 rings (SSSR count). The highest BCUT2D eigenvalue weighted by atomic mass is 16.3. The van der Waals surface area contributed by atoms with E-state index in [9.17, 15) is 5.11 Å². The summed E-state index contributed by atoms with van der Waals surface area (Å²) in [7, 11) is 0. The quantitative estimate of drug-likeness (QED) is 0.914. The van der Waals surface area contributed by atoms with Crippen LogP contribution in [0.2, 0.25) is 0 Å². The third-order valence-electron chi connectivity index (χ3n) is 4.93. The van der Waals surface area contributed by atoms with Gasteiger partial charge in [0.25, 0.3) is 0 Å². The maximum absolute atomic E-state index is 10.0. The second kappa shape index (κ2) is 5.23. The van der Waals surface area contributed by atoms with Gasteiger partial charge in [-0.2, -0.15) is 5.10 Å². The van der Waals surface area contributed by atoms with Gasteiger partial charge >= 0.3 is 0 Å².